The van der Waals surface area contributed by atoms with Gasteiger partial charge in [0.25, 0.3) is 5.91 Å². The van der Waals surface area contributed by atoms with Crippen molar-refractivity contribution in [2.24, 2.45) is 0 Å². The van der Waals surface area contributed by atoms with Crippen molar-refractivity contribution in [1.29, 1.82) is 0 Å². The predicted molar refractivity (Wildman–Crippen MR) is 155 cm³/mol. The van der Waals surface area contributed by atoms with E-state index < -0.39 is 5.63 Å². The molecular formula is C31H24N2O5S. The van der Waals surface area contributed by atoms with Crippen LogP contribution in [0.3, 0.4) is 0 Å². The van der Waals surface area contributed by atoms with Gasteiger partial charge in [-0.15, -0.1) is 0 Å². The number of rotatable bonds is 7. The molecule has 0 bridgehead atoms. The van der Waals surface area contributed by atoms with E-state index in [1.807, 2.05) is 48.5 Å². The summed E-state index contributed by atoms with van der Waals surface area (Å²) in [6.07, 6.45) is 0. The molecule has 1 amide bonds. The Morgan fingerprint density at radius 3 is 2.49 bits per heavy atom. The predicted octanol–water partition coefficient (Wildman–Crippen LogP) is 6.17. The summed E-state index contributed by atoms with van der Waals surface area (Å²) in [5.74, 6) is 0.638. The van der Waals surface area contributed by atoms with E-state index in [1.54, 1.807) is 54.6 Å². The van der Waals surface area contributed by atoms with Gasteiger partial charge in [-0.05, 0) is 60.2 Å². The molecular weight excluding hydrogens is 512 g/mol. The Kier molecular flexibility index (Phi) is 7.65. The second-order valence-electron chi connectivity index (χ2n) is 8.61. The van der Waals surface area contributed by atoms with E-state index in [4.69, 9.17) is 26.1 Å². The van der Waals surface area contributed by atoms with Gasteiger partial charge >= 0.3 is 5.63 Å². The summed E-state index contributed by atoms with van der Waals surface area (Å²) < 4.78 is 16.8. The lowest BCUT2D eigenvalue weighted by molar-refractivity contribution is 0.0977. The lowest BCUT2D eigenvalue weighted by atomic mass is 10.0. The van der Waals surface area contributed by atoms with Crippen LogP contribution in [0.25, 0.3) is 22.1 Å². The Morgan fingerprint density at radius 2 is 1.67 bits per heavy atom. The minimum absolute atomic E-state index is 0.107. The molecule has 0 saturated heterocycles. The van der Waals surface area contributed by atoms with E-state index in [9.17, 15) is 9.59 Å². The van der Waals surface area contributed by atoms with Crippen LogP contribution in [0.4, 0.5) is 5.69 Å². The Balaban J connectivity index is 1.26. The van der Waals surface area contributed by atoms with Gasteiger partial charge in [-0.3, -0.25) is 10.1 Å². The maximum absolute atomic E-state index is 12.8. The summed E-state index contributed by atoms with van der Waals surface area (Å²) in [7, 11) is 1.51. The molecule has 1 aromatic heterocycles. The number of amides is 1. The zero-order valence-corrected chi connectivity index (χ0v) is 21.8. The highest BCUT2D eigenvalue weighted by atomic mass is 32.1. The number of ether oxygens (including phenoxy) is 2. The first kappa shape index (κ1) is 25.7. The van der Waals surface area contributed by atoms with Crippen LogP contribution >= 0.6 is 12.2 Å². The summed E-state index contributed by atoms with van der Waals surface area (Å²) in [4.78, 5) is 25.5. The number of thiocarbonyl (C=S) groups is 1. The van der Waals surface area contributed by atoms with E-state index in [0.717, 1.165) is 10.9 Å². The largest absolute Gasteiger partial charge is 0.496 e. The van der Waals surface area contributed by atoms with Crippen LogP contribution in [0.15, 0.2) is 112 Å². The molecule has 0 spiro atoms. The van der Waals surface area contributed by atoms with Crippen molar-refractivity contribution in [2.45, 2.75) is 6.61 Å². The highest BCUT2D eigenvalue weighted by molar-refractivity contribution is 7.80. The molecule has 0 aliphatic rings. The maximum atomic E-state index is 12.8. The van der Waals surface area contributed by atoms with Crippen LogP contribution < -0.4 is 25.7 Å². The van der Waals surface area contributed by atoms with Gasteiger partial charge in [0.1, 0.15) is 23.7 Å². The molecule has 1 heterocycles. The third-order valence-electron chi connectivity index (χ3n) is 5.96. The number of fused-ring (bicyclic) bond motifs is 1. The highest BCUT2D eigenvalue weighted by Gasteiger charge is 2.15. The molecule has 5 aromatic rings. The van der Waals surface area contributed by atoms with Crippen LogP contribution in [-0.4, -0.2) is 18.1 Å². The van der Waals surface area contributed by atoms with Gasteiger partial charge in [-0.1, -0.05) is 54.6 Å². The Bertz CT molecular complexity index is 1720. The molecule has 0 aliphatic heterocycles. The lowest BCUT2D eigenvalue weighted by Gasteiger charge is -2.14. The average molecular weight is 537 g/mol. The van der Waals surface area contributed by atoms with Crippen molar-refractivity contribution in [3.8, 4) is 22.6 Å². The summed E-state index contributed by atoms with van der Waals surface area (Å²) in [6, 6.07) is 30.9. The lowest BCUT2D eigenvalue weighted by Crippen LogP contribution is -2.34. The van der Waals surface area contributed by atoms with E-state index in [-0.39, 0.29) is 11.0 Å². The summed E-state index contributed by atoms with van der Waals surface area (Å²) in [6.45, 7) is 0.394. The number of carbonyl (C=O) groups is 1. The molecule has 2 N–H and O–H groups in total. The number of anilines is 1. The first-order valence-electron chi connectivity index (χ1n) is 12.1. The van der Waals surface area contributed by atoms with Crippen LogP contribution in [0.1, 0.15) is 15.9 Å². The van der Waals surface area contributed by atoms with Crippen LogP contribution in [0.5, 0.6) is 11.5 Å². The molecule has 0 unspecified atom stereocenters. The van der Waals surface area contributed by atoms with Crippen molar-refractivity contribution in [1.82, 2.24) is 5.32 Å². The van der Waals surface area contributed by atoms with Gasteiger partial charge in [0.2, 0.25) is 0 Å². The smallest absolute Gasteiger partial charge is 0.344 e. The fourth-order valence-corrected chi connectivity index (χ4v) is 4.26. The maximum Gasteiger partial charge on any atom is 0.344 e. The SMILES string of the molecule is COc1cc(NC(=S)NC(=O)c2cccc(OCc3ccccc3)c2)ccc1-c1cc2ccccc2oc1=O. The number of hydrogen-bond donors (Lipinski definition) is 2. The Morgan fingerprint density at radius 1 is 0.872 bits per heavy atom. The van der Waals surface area contributed by atoms with Crippen molar-refractivity contribution in [2.75, 3.05) is 12.4 Å². The van der Waals surface area contributed by atoms with Crippen LogP contribution in [-0.2, 0) is 6.61 Å². The molecule has 0 radical (unpaired) electrons. The van der Waals surface area contributed by atoms with E-state index in [1.165, 1.54) is 7.11 Å². The van der Waals surface area contributed by atoms with E-state index in [0.29, 0.717) is 46.1 Å². The zero-order valence-electron chi connectivity index (χ0n) is 21.0. The fraction of sp³-hybridized carbons (Fsp3) is 0.0645. The number of hydrogen-bond acceptors (Lipinski definition) is 6. The molecule has 0 atom stereocenters. The molecule has 0 fully saturated rings. The van der Waals surface area contributed by atoms with Gasteiger partial charge < -0.3 is 19.2 Å². The minimum atomic E-state index is -0.467. The first-order valence-corrected chi connectivity index (χ1v) is 12.5. The summed E-state index contributed by atoms with van der Waals surface area (Å²) >= 11 is 5.36. The average Bonchev–Trinajstić information content (AvgIpc) is 2.96. The molecule has 0 saturated carbocycles. The van der Waals surface area contributed by atoms with Gasteiger partial charge in [0.05, 0.1) is 12.7 Å². The number of carbonyl (C=O) groups excluding carboxylic acids is 1. The number of methoxy groups -OCH3 is 1. The summed E-state index contributed by atoms with van der Waals surface area (Å²) in [5, 5.41) is 6.57. The summed E-state index contributed by atoms with van der Waals surface area (Å²) in [5.41, 5.74) is 3.00. The minimum Gasteiger partial charge on any atom is -0.496 e. The van der Waals surface area contributed by atoms with Gasteiger partial charge in [0, 0.05) is 28.3 Å². The number of nitrogens with one attached hydrogen (secondary N) is 2. The molecule has 8 heteroatoms. The number of para-hydroxylation sites is 1. The van der Waals surface area contributed by atoms with E-state index in [2.05, 4.69) is 10.6 Å². The monoisotopic (exact) mass is 536 g/mol. The second kappa shape index (κ2) is 11.6. The topological polar surface area (TPSA) is 89.8 Å². The molecule has 4 aromatic carbocycles. The third kappa shape index (κ3) is 6.14. The van der Waals surface area contributed by atoms with Gasteiger partial charge in [0.15, 0.2) is 5.11 Å². The molecule has 39 heavy (non-hydrogen) atoms. The van der Waals surface area contributed by atoms with Gasteiger partial charge in [-0.2, -0.15) is 0 Å². The molecule has 194 valence electrons. The Labute approximate surface area is 230 Å². The zero-order chi connectivity index (χ0) is 27.2. The standard InChI is InChI=1S/C31H24N2O5S/c1-36-28-18-23(14-15-25(28)26-17-21-10-5-6-13-27(21)38-30(26)35)32-31(39)33-29(34)22-11-7-12-24(16-22)37-19-20-8-3-2-4-9-20/h2-18H,19H2,1H3,(H2,32,33,34,39). The van der Waals surface area contributed by atoms with Crippen molar-refractivity contribution < 1.29 is 18.7 Å². The van der Waals surface area contributed by atoms with Crippen LogP contribution in [0, 0.1) is 0 Å². The fourth-order valence-electron chi connectivity index (χ4n) is 4.05. The molecule has 0 aliphatic carbocycles. The van der Waals surface area contributed by atoms with Crippen LogP contribution in [0.2, 0.25) is 0 Å². The van der Waals surface area contributed by atoms with Gasteiger partial charge in [-0.25, -0.2) is 4.79 Å². The molecule has 7 nitrogen and oxygen atoms in total. The molecule has 5 rings (SSSR count). The number of benzene rings is 4. The van der Waals surface area contributed by atoms with Crippen molar-refractivity contribution in [3.63, 3.8) is 0 Å². The van der Waals surface area contributed by atoms with E-state index >= 15 is 0 Å². The normalized spacial score (nSPS) is 10.6. The van der Waals surface area contributed by atoms with Crippen molar-refractivity contribution in [3.05, 3.63) is 125 Å². The third-order valence-corrected chi connectivity index (χ3v) is 6.17. The first-order chi connectivity index (χ1) is 19.0. The Hall–Kier alpha value is -4.95. The second-order valence-corrected chi connectivity index (χ2v) is 9.02. The van der Waals surface area contributed by atoms with Crippen molar-refractivity contribution >= 4 is 39.9 Å². The quantitative estimate of drug-likeness (QED) is 0.190. The highest BCUT2D eigenvalue weighted by Crippen LogP contribution is 2.32.